The molecule has 0 heterocycles. The lowest BCUT2D eigenvalue weighted by Gasteiger charge is -2.17. The summed E-state index contributed by atoms with van der Waals surface area (Å²) in [6.07, 6.45) is -0.833. The summed E-state index contributed by atoms with van der Waals surface area (Å²) in [7, 11) is 0. The van der Waals surface area contributed by atoms with Gasteiger partial charge in [-0.05, 0) is 44.2 Å². The topological polar surface area (TPSA) is 71.3 Å². The van der Waals surface area contributed by atoms with E-state index in [9.17, 15) is 9.18 Å². The summed E-state index contributed by atoms with van der Waals surface area (Å²) < 4.78 is 24.2. The maximum Gasteiger partial charge on any atom is 0.265 e. The van der Waals surface area contributed by atoms with Gasteiger partial charge in [0.1, 0.15) is 5.82 Å². The molecule has 0 aliphatic rings. The minimum atomic E-state index is -0.833. The number of nitriles is 1. The van der Waals surface area contributed by atoms with E-state index in [4.69, 9.17) is 14.7 Å². The fourth-order valence-electron chi connectivity index (χ4n) is 2.00. The Morgan fingerprint density at radius 3 is 2.75 bits per heavy atom. The quantitative estimate of drug-likeness (QED) is 0.881. The van der Waals surface area contributed by atoms with Crippen molar-refractivity contribution in [3.05, 3.63) is 53.8 Å². The van der Waals surface area contributed by atoms with Gasteiger partial charge < -0.3 is 14.8 Å². The van der Waals surface area contributed by atoms with Gasteiger partial charge in [-0.3, -0.25) is 4.79 Å². The van der Waals surface area contributed by atoms with Crippen molar-refractivity contribution in [2.45, 2.75) is 20.0 Å². The fourth-order valence-corrected chi connectivity index (χ4v) is 2.00. The van der Waals surface area contributed by atoms with E-state index in [1.54, 1.807) is 31.2 Å². The molecule has 0 fully saturated rings. The first-order valence-electron chi connectivity index (χ1n) is 7.43. The highest BCUT2D eigenvalue weighted by atomic mass is 19.1. The minimum Gasteiger partial charge on any atom is -0.490 e. The van der Waals surface area contributed by atoms with Crippen LogP contribution in [0.25, 0.3) is 0 Å². The zero-order chi connectivity index (χ0) is 17.5. The Kier molecular flexibility index (Phi) is 5.74. The Morgan fingerprint density at radius 1 is 1.29 bits per heavy atom. The van der Waals surface area contributed by atoms with Crippen LogP contribution in [0, 0.1) is 17.1 Å². The van der Waals surface area contributed by atoms with Crippen LogP contribution in [0.3, 0.4) is 0 Å². The third kappa shape index (κ3) is 4.46. The highest BCUT2D eigenvalue weighted by Gasteiger charge is 2.17. The molecule has 2 rings (SSSR count). The van der Waals surface area contributed by atoms with Crippen molar-refractivity contribution < 1.29 is 18.7 Å². The van der Waals surface area contributed by atoms with Crippen molar-refractivity contribution in [2.75, 3.05) is 11.9 Å². The molecule has 0 unspecified atom stereocenters. The Morgan fingerprint density at radius 2 is 2.08 bits per heavy atom. The molecule has 2 aromatic rings. The number of carbonyl (C=O) groups is 1. The molecule has 1 N–H and O–H groups in total. The molecule has 2 aromatic carbocycles. The SMILES string of the molecule is CCOc1cc(C#N)ccc1O[C@H](C)C(=O)Nc1cccc(F)c1. The van der Waals surface area contributed by atoms with Crippen LogP contribution in [-0.4, -0.2) is 18.6 Å². The number of anilines is 1. The number of amides is 1. The van der Waals surface area contributed by atoms with Crippen LogP contribution in [0.5, 0.6) is 11.5 Å². The predicted molar refractivity (Wildman–Crippen MR) is 87.4 cm³/mol. The molecule has 0 aromatic heterocycles. The first-order chi connectivity index (χ1) is 11.5. The van der Waals surface area contributed by atoms with Crippen molar-refractivity contribution in [3.63, 3.8) is 0 Å². The van der Waals surface area contributed by atoms with E-state index in [0.29, 0.717) is 29.4 Å². The van der Waals surface area contributed by atoms with E-state index < -0.39 is 17.8 Å². The van der Waals surface area contributed by atoms with Crippen molar-refractivity contribution >= 4 is 11.6 Å². The highest BCUT2D eigenvalue weighted by molar-refractivity contribution is 5.94. The Labute approximate surface area is 139 Å². The second kappa shape index (κ2) is 7.97. The van der Waals surface area contributed by atoms with Gasteiger partial charge in [-0.2, -0.15) is 5.26 Å². The first-order valence-corrected chi connectivity index (χ1v) is 7.43. The van der Waals surface area contributed by atoms with Gasteiger partial charge in [-0.15, -0.1) is 0 Å². The molecule has 0 aliphatic heterocycles. The third-order valence-corrected chi connectivity index (χ3v) is 3.14. The number of hydrogen-bond acceptors (Lipinski definition) is 4. The molecule has 0 radical (unpaired) electrons. The van der Waals surface area contributed by atoms with Gasteiger partial charge in [0.05, 0.1) is 18.2 Å². The van der Waals surface area contributed by atoms with E-state index in [0.717, 1.165) is 0 Å². The van der Waals surface area contributed by atoms with Crippen LogP contribution < -0.4 is 14.8 Å². The Balaban J connectivity index is 2.09. The molecule has 0 saturated heterocycles. The summed E-state index contributed by atoms with van der Waals surface area (Å²) in [5.74, 6) is -0.112. The second-order valence-corrected chi connectivity index (χ2v) is 4.97. The lowest BCUT2D eigenvalue weighted by molar-refractivity contribution is -0.122. The first kappa shape index (κ1) is 17.3. The lowest BCUT2D eigenvalue weighted by atomic mass is 10.2. The van der Waals surface area contributed by atoms with Crippen LogP contribution in [0.1, 0.15) is 19.4 Å². The minimum absolute atomic E-state index is 0.348. The molecule has 6 heteroatoms. The summed E-state index contributed by atoms with van der Waals surface area (Å²) in [4.78, 5) is 12.2. The monoisotopic (exact) mass is 328 g/mol. The van der Waals surface area contributed by atoms with Crippen LogP contribution >= 0.6 is 0 Å². The molecule has 124 valence electrons. The number of ether oxygens (including phenoxy) is 2. The molecule has 1 amide bonds. The Bertz CT molecular complexity index is 771. The maximum atomic E-state index is 13.1. The largest absolute Gasteiger partial charge is 0.490 e. The summed E-state index contributed by atoms with van der Waals surface area (Å²) in [5.41, 5.74) is 0.781. The fraction of sp³-hybridized carbons (Fsp3) is 0.222. The summed E-state index contributed by atoms with van der Waals surface area (Å²) in [5, 5.41) is 11.5. The van der Waals surface area contributed by atoms with E-state index in [1.165, 1.54) is 18.2 Å². The van der Waals surface area contributed by atoms with Crippen LogP contribution in [-0.2, 0) is 4.79 Å². The van der Waals surface area contributed by atoms with Crippen molar-refractivity contribution in [3.8, 4) is 17.6 Å². The van der Waals surface area contributed by atoms with Crippen LogP contribution in [0.15, 0.2) is 42.5 Å². The molecule has 0 spiro atoms. The lowest BCUT2D eigenvalue weighted by Crippen LogP contribution is -2.30. The van der Waals surface area contributed by atoms with E-state index in [1.807, 2.05) is 13.0 Å². The maximum absolute atomic E-state index is 13.1. The van der Waals surface area contributed by atoms with E-state index in [-0.39, 0.29) is 0 Å². The number of hydrogen-bond donors (Lipinski definition) is 1. The van der Waals surface area contributed by atoms with Crippen molar-refractivity contribution in [1.29, 1.82) is 5.26 Å². The zero-order valence-corrected chi connectivity index (χ0v) is 13.4. The predicted octanol–water partition coefficient (Wildman–Crippen LogP) is 3.50. The molecule has 0 saturated carbocycles. The summed E-state index contributed by atoms with van der Waals surface area (Å²) >= 11 is 0. The van der Waals surface area contributed by atoms with Gasteiger partial charge in [0.15, 0.2) is 17.6 Å². The van der Waals surface area contributed by atoms with Crippen LogP contribution in [0.4, 0.5) is 10.1 Å². The number of carbonyl (C=O) groups excluding carboxylic acids is 1. The molecule has 24 heavy (non-hydrogen) atoms. The molecule has 0 aliphatic carbocycles. The van der Waals surface area contributed by atoms with Crippen molar-refractivity contribution in [1.82, 2.24) is 0 Å². The van der Waals surface area contributed by atoms with E-state index in [2.05, 4.69) is 5.32 Å². The molecular formula is C18H17FN2O3. The molecular weight excluding hydrogens is 311 g/mol. The molecule has 5 nitrogen and oxygen atoms in total. The standard InChI is InChI=1S/C18H17FN2O3/c1-3-23-17-9-13(11-20)7-8-16(17)24-12(2)18(22)21-15-6-4-5-14(19)10-15/h4-10,12H,3H2,1-2H3,(H,21,22)/t12-/m1/s1. The smallest absolute Gasteiger partial charge is 0.265 e. The normalized spacial score (nSPS) is 11.2. The van der Waals surface area contributed by atoms with Gasteiger partial charge in [-0.1, -0.05) is 6.07 Å². The van der Waals surface area contributed by atoms with Gasteiger partial charge in [0.2, 0.25) is 0 Å². The van der Waals surface area contributed by atoms with Gasteiger partial charge >= 0.3 is 0 Å². The number of halogens is 1. The average Bonchev–Trinajstić information content (AvgIpc) is 2.56. The van der Waals surface area contributed by atoms with Gasteiger partial charge in [-0.25, -0.2) is 4.39 Å². The number of rotatable bonds is 6. The van der Waals surface area contributed by atoms with Crippen molar-refractivity contribution in [2.24, 2.45) is 0 Å². The Hall–Kier alpha value is -3.07. The average molecular weight is 328 g/mol. The summed E-state index contributed by atoms with van der Waals surface area (Å²) in [6.45, 7) is 3.78. The number of nitrogens with zero attached hydrogens (tertiary/aromatic N) is 1. The second-order valence-electron chi connectivity index (χ2n) is 4.97. The molecule has 0 bridgehead atoms. The number of nitrogens with one attached hydrogen (secondary N) is 1. The number of benzene rings is 2. The van der Waals surface area contributed by atoms with E-state index >= 15 is 0 Å². The summed E-state index contributed by atoms with van der Waals surface area (Å²) in [6, 6.07) is 12.3. The molecule has 1 atom stereocenters. The highest BCUT2D eigenvalue weighted by Crippen LogP contribution is 2.29. The third-order valence-electron chi connectivity index (χ3n) is 3.14. The van der Waals surface area contributed by atoms with Gasteiger partial charge in [0, 0.05) is 11.8 Å². The van der Waals surface area contributed by atoms with Gasteiger partial charge in [0.25, 0.3) is 5.91 Å². The van der Waals surface area contributed by atoms with Crippen LogP contribution in [0.2, 0.25) is 0 Å². The zero-order valence-electron chi connectivity index (χ0n) is 13.4.